The summed E-state index contributed by atoms with van der Waals surface area (Å²) in [4.78, 5) is 10.6. The third-order valence-corrected chi connectivity index (χ3v) is 5.11. The van der Waals surface area contributed by atoms with Gasteiger partial charge in [-0.15, -0.1) is 0 Å². The molecule has 4 heteroatoms. The highest BCUT2D eigenvalue weighted by molar-refractivity contribution is 5.86. The van der Waals surface area contributed by atoms with Gasteiger partial charge in [0.1, 0.15) is 5.82 Å². The minimum absolute atomic E-state index is 0.0494. The van der Waals surface area contributed by atoms with Crippen molar-refractivity contribution in [3.63, 3.8) is 0 Å². The predicted octanol–water partition coefficient (Wildman–Crippen LogP) is 5.28. The van der Waals surface area contributed by atoms with Gasteiger partial charge >= 0.3 is 5.97 Å². The number of hydrogen-bond donors (Lipinski definition) is 2. The number of aryl methyl sites for hydroxylation is 2. The highest BCUT2D eigenvalue weighted by Gasteiger charge is 2.09. The molecule has 0 aliphatic rings. The SMILES string of the molecule is CC(NCCCc1ccc(CCC(=O)O)c(F)c1)c1cccc2ccccc12. The number of fused-ring (bicyclic) bond motifs is 1. The third kappa shape index (κ3) is 5.17. The lowest BCUT2D eigenvalue weighted by molar-refractivity contribution is -0.136. The van der Waals surface area contributed by atoms with Crippen LogP contribution in [0.25, 0.3) is 10.8 Å². The summed E-state index contributed by atoms with van der Waals surface area (Å²) in [6.45, 7) is 3.01. The summed E-state index contributed by atoms with van der Waals surface area (Å²) in [6.07, 6.45) is 1.87. The van der Waals surface area contributed by atoms with Gasteiger partial charge in [-0.1, -0.05) is 54.6 Å². The molecule has 3 rings (SSSR count). The normalized spacial score (nSPS) is 12.2. The van der Waals surface area contributed by atoms with E-state index in [0.29, 0.717) is 5.56 Å². The van der Waals surface area contributed by atoms with Crippen molar-refractivity contribution in [2.75, 3.05) is 6.54 Å². The van der Waals surface area contributed by atoms with Crippen LogP contribution in [-0.2, 0) is 17.6 Å². The quantitative estimate of drug-likeness (QED) is 0.497. The van der Waals surface area contributed by atoms with Crippen LogP contribution >= 0.6 is 0 Å². The molecule has 1 atom stereocenters. The van der Waals surface area contributed by atoms with Crippen molar-refractivity contribution < 1.29 is 14.3 Å². The van der Waals surface area contributed by atoms with Gasteiger partial charge in [0.05, 0.1) is 0 Å². The van der Waals surface area contributed by atoms with Crippen LogP contribution in [0.1, 0.15) is 42.5 Å². The Morgan fingerprint density at radius 2 is 1.86 bits per heavy atom. The zero-order chi connectivity index (χ0) is 19.9. The molecule has 146 valence electrons. The average molecular weight is 379 g/mol. The van der Waals surface area contributed by atoms with E-state index in [-0.39, 0.29) is 24.7 Å². The van der Waals surface area contributed by atoms with Gasteiger partial charge in [-0.2, -0.15) is 0 Å². The van der Waals surface area contributed by atoms with Crippen LogP contribution in [0.4, 0.5) is 4.39 Å². The first kappa shape index (κ1) is 20.0. The van der Waals surface area contributed by atoms with Crippen LogP contribution in [0, 0.1) is 5.82 Å². The summed E-state index contributed by atoms with van der Waals surface area (Å²) in [5.74, 6) is -1.22. The molecule has 3 aromatic carbocycles. The lowest BCUT2D eigenvalue weighted by atomic mass is 9.99. The number of benzene rings is 3. The number of aliphatic carboxylic acids is 1. The monoisotopic (exact) mass is 379 g/mol. The third-order valence-electron chi connectivity index (χ3n) is 5.11. The molecule has 0 aromatic heterocycles. The van der Waals surface area contributed by atoms with Crippen molar-refractivity contribution >= 4 is 16.7 Å². The van der Waals surface area contributed by atoms with Crippen molar-refractivity contribution in [1.29, 1.82) is 0 Å². The molecule has 0 aliphatic heterocycles. The Morgan fingerprint density at radius 1 is 1.07 bits per heavy atom. The van der Waals surface area contributed by atoms with E-state index in [1.807, 2.05) is 6.07 Å². The molecule has 28 heavy (non-hydrogen) atoms. The summed E-state index contributed by atoms with van der Waals surface area (Å²) in [6, 6.07) is 20.1. The molecule has 0 fully saturated rings. The van der Waals surface area contributed by atoms with Crippen molar-refractivity contribution in [2.45, 2.75) is 38.6 Å². The summed E-state index contributed by atoms with van der Waals surface area (Å²) in [5, 5.41) is 14.8. The van der Waals surface area contributed by atoms with Crippen molar-refractivity contribution in [3.8, 4) is 0 Å². The van der Waals surface area contributed by atoms with Crippen LogP contribution in [-0.4, -0.2) is 17.6 Å². The number of carbonyl (C=O) groups is 1. The van der Waals surface area contributed by atoms with Crippen molar-refractivity contribution in [2.24, 2.45) is 0 Å². The number of halogens is 1. The average Bonchev–Trinajstić information content (AvgIpc) is 2.69. The smallest absolute Gasteiger partial charge is 0.303 e. The van der Waals surface area contributed by atoms with E-state index in [0.717, 1.165) is 24.9 Å². The van der Waals surface area contributed by atoms with Gasteiger partial charge < -0.3 is 10.4 Å². The highest BCUT2D eigenvalue weighted by atomic mass is 19.1. The molecule has 3 aromatic rings. The number of carboxylic acid groups (broad SMARTS) is 1. The van der Waals surface area contributed by atoms with E-state index >= 15 is 0 Å². The van der Waals surface area contributed by atoms with Gasteiger partial charge in [0.2, 0.25) is 0 Å². The predicted molar refractivity (Wildman–Crippen MR) is 111 cm³/mol. The summed E-state index contributed by atoms with van der Waals surface area (Å²) < 4.78 is 14.1. The molecule has 2 N–H and O–H groups in total. The van der Waals surface area contributed by atoms with E-state index in [1.165, 1.54) is 22.4 Å². The Morgan fingerprint density at radius 3 is 2.64 bits per heavy atom. The molecule has 0 bridgehead atoms. The molecule has 0 radical (unpaired) electrons. The van der Waals surface area contributed by atoms with E-state index in [2.05, 4.69) is 54.7 Å². The fourth-order valence-electron chi connectivity index (χ4n) is 3.54. The van der Waals surface area contributed by atoms with Crippen LogP contribution in [0.5, 0.6) is 0 Å². The largest absolute Gasteiger partial charge is 0.481 e. The lowest BCUT2D eigenvalue weighted by Crippen LogP contribution is -2.20. The first-order valence-electron chi connectivity index (χ1n) is 9.75. The maximum absolute atomic E-state index is 14.1. The maximum atomic E-state index is 14.1. The molecule has 1 unspecified atom stereocenters. The van der Waals surface area contributed by atoms with Crippen LogP contribution < -0.4 is 5.32 Å². The maximum Gasteiger partial charge on any atom is 0.303 e. The lowest BCUT2D eigenvalue weighted by Gasteiger charge is -2.16. The molecule has 0 heterocycles. The number of hydrogen-bond acceptors (Lipinski definition) is 2. The van der Waals surface area contributed by atoms with Crippen molar-refractivity contribution in [3.05, 3.63) is 83.2 Å². The Balaban J connectivity index is 1.51. The fourth-order valence-corrected chi connectivity index (χ4v) is 3.54. The van der Waals surface area contributed by atoms with Gasteiger partial charge in [0.15, 0.2) is 0 Å². The number of rotatable bonds is 9. The molecular formula is C24H26FNO2. The zero-order valence-electron chi connectivity index (χ0n) is 16.1. The van der Waals surface area contributed by atoms with E-state index in [4.69, 9.17) is 5.11 Å². The summed E-state index contributed by atoms with van der Waals surface area (Å²) >= 11 is 0. The molecule has 0 saturated heterocycles. The summed E-state index contributed by atoms with van der Waals surface area (Å²) in [5.41, 5.74) is 2.69. The minimum atomic E-state index is -0.908. The number of nitrogens with one attached hydrogen (secondary N) is 1. The Hall–Kier alpha value is -2.72. The van der Waals surface area contributed by atoms with Gasteiger partial charge in [-0.05, 0) is 66.3 Å². The molecule has 0 amide bonds. The zero-order valence-corrected chi connectivity index (χ0v) is 16.1. The minimum Gasteiger partial charge on any atom is -0.481 e. The number of carboxylic acids is 1. The van der Waals surface area contributed by atoms with Crippen LogP contribution in [0.2, 0.25) is 0 Å². The molecule has 0 spiro atoms. The Bertz CT molecular complexity index is 949. The molecule has 3 nitrogen and oxygen atoms in total. The van der Waals surface area contributed by atoms with E-state index in [9.17, 15) is 9.18 Å². The Kier molecular flexibility index (Phi) is 6.77. The highest BCUT2D eigenvalue weighted by Crippen LogP contribution is 2.24. The van der Waals surface area contributed by atoms with Gasteiger partial charge in [0, 0.05) is 12.5 Å². The molecule has 0 aliphatic carbocycles. The first-order valence-corrected chi connectivity index (χ1v) is 9.75. The second kappa shape index (κ2) is 9.47. The van der Waals surface area contributed by atoms with Gasteiger partial charge in [-0.3, -0.25) is 4.79 Å². The van der Waals surface area contributed by atoms with Gasteiger partial charge in [0.25, 0.3) is 0 Å². The van der Waals surface area contributed by atoms with Gasteiger partial charge in [-0.25, -0.2) is 4.39 Å². The standard InChI is InChI=1S/C24H26FNO2/c1-17(21-10-4-8-19-7-2-3-9-22(19)21)26-15-5-6-18-11-12-20(23(25)16-18)13-14-24(27)28/h2-4,7-12,16-17,26H,5-6,13-15H2,1H3,(H,27,28). The van der Waals surface area contributed by atoms with E-state index < -0.39 is 5.97 Å². The first-order chi connectivity index (χ1) is 13.5. The van der Waals surface area contributed by atoms with Crippen LogP contribution in [0.15, 0.2) is 60.7 Å². The summed E-state index contributed by atoms with van der Waals surface area (Å²) in [7, 11) is 0. The second-order valence-electron chi connectivity index (χ2n) is 7.17. The van der Waals surface area contributed by atoms with E-state index in [1.54, 1.807) is 6.07 Å². The van der Waals surface area contributed by atoms with Crippen molar-refractivity contribution in [1.82, 2.24) is 5.32 Å². The molecular weight excluding hydrogens is 353 g/mol. The topological polar surface area (TPSA) is 49.3 Å². The second-order valence-corrected chi connectivity index (χ2v) is 7.17. The fraction of sp³-hybridized carbons (Fsp3) is 0.292. The Labute approximate surface area is 165 Å². The van der Waals surface area contributed by atoms with Crippen LogP contribution in [0.3, 0.4) is 0 Å². The molecule has 0 saturated carbocycles.